The van der Waals surface area contributed by atoms with Crippen molar-refractivity contribution in [2.24, 2.45) is 0 Å². The fourth-order valence-electron chi connectivity index (χ4n) is 3.26. The Morgan fingerprint density at radius 1 is 1.14 bits per heavy atom. The molecule has 0 aliphatic carbocycles. The van der Waals surface area contributed by atoms with Gasteiger partial charge in [0.1, 0.15) is 0 Å². The van der Waals surface area contributed by atoms with E-state index in [2.05, 4.69) is 15.4 Å². The molecular weight excluding hydrogens is 368 g/mol. The molecule has 1 atom stereocenters. The smallest absolute Gasteiger partial charge is 0.303 e. The van der Waals surface area contributed by atoms with E-state index in [0.717, 1.165) is 11.3 Å². The summed E-state index contributed by atoms with van der Waals surface area (Å²) in [4.78, 5) is 28.3. The van der Waals surface area contributed by atoms with Crippen molar-refractivity contribution in [2.45, 2.75) is 38.6 Å². The topological polar surface area (TPSA) is 97.1 Å². The molecule has 0 radical (unpaired) electrons. The summed E-state index contributed by atoms with van der Waals surface area (Å²) < 4.78 is 1.67. The SMILES string of the molecule is CCc1c(C(=O)NC(CCC(=O)O)Cc2ccccc2)cnn1-c1ccccn1. The van der Waals surface area contributed by atoms with Crippen LogP contribution in [0, 0.1) is 0 Å². The zero-order chi connectivity index (χ0) is 20.6. The van der Waals surface area contributed by atoms with Crippen LogP contribution in [0.3, 0.4) is 0 Å². The normalized spacial score (nSPS) is 11.8. The zero-order valence-electron chi connectivity index (χ0n) is 16.3. The molecule has 0 spiro atoms. The Bertz CT molecular complexity index is 955. The molecule has 0 aliphatic heterocycles. The van der Waals surface area contributed by atoms with Crippen molar-refractivity contribution in [3.05, 3.63) is 77.7 Å². The van der Waals surface area contributed by atoms with Crippen LogP contribution in [0.2, 0.25) is 0 Å². The molecule has 3 aromatic rings. The fourth-order valence-corrected chi connectivity index (χ4v) is 3.26. The van der Waals surface area contributed by atoms with Gasteiger partial charge in [0.15, 0.2) is 5.82 Å². The van der Waals surface area contributed by atoms with Gasteiger partial charge >= 0.3 is 5.97 Å². The first-order valence-electron chi connectivity index (χ1n) is 9.63. The summed E-state index contributed by atoms with van der Waals surface area (Å²) in [6, 6.07) is 15.0. The number of carboxylic acid groups (broad SMARTS) is 1. The molecule has 0 bridgehead atoms. The van der Waals surface area contributed by atoms with Crippen LogP contribution >= 0.6 is 0 Å². The van der Waals surface area contributed by atoms with Crippen LogP contribution in [0.4, 0.5) is 0 Å². The minimum atomic E-state index is -0.880. The van der Waals surface area contributed by atoms with Crippen LogP contribution in [0.25, 0.3) is 5.82 Å². The highest BCUT2D eigenvalue weighted by Crippen LogP contribution is 2.16. The lowest BCUT2D eigenvalue weighted by molar-refractivity contribution is -0.137. The van der Waals surface area contributed by atoms with Gasteiger partial charge in [-0.15, -0.1) is 0 Å². The van der Waals surface area contributed by atoms with Crippen molar-refractivity contribution in [1.82, 2.24) is 20.1 Å². The molecule has 1 amide bonds. The van der Waals surface area contributed by atoms with Gasteiger partial charge in [0.25, 0.3) is 5.91 Å². The Labute approximate surface area is 169 Å². The highest BCUT2D eigenvalue weighted by Gasteiger charge is 2.21. The van der Waals surface area contributed by atoms with E-state index in [4.69, 9.17) is 5.11 Å². The number of hydrogen-bond acceptors (Lipinski definition) is 4. The van der Waals surface area contributed by atoms with Gasteiger partial charge in [0.05, 0.1) is 17.5 Å². The average Bonchev–Trinajstić information content (AvgIpc) is 3.17. The summed E-state index contributed by atoms with van der Waals surface area (Å²) in [6.45, 7) is 1.96. The molecule has 0 aliphatic rings. The number of carboxylic acids is 1. The first-order valence-corrected chi connectivity index (χ1v) is 9.63. The average molecular weight is 392 g/mol. The van der Waals surface area contributed by atoms with Crippen molar-refractivity contribution >= 4 is 11.9 Å². The third-order valence-corrected chi connectivity index (χ3v) is 4.68. The molecule has 7 heteroatoms. The molecule has 2 aromatic heterocycles. The van der Waals surface area contributed by atoms with Crippen molar-refractivity contribution in [2.75, 3.05) is 0 Å². The Kier molecular flexibility index (Phi) is 6.73. The minimum Gasteiger partial charge on any atom is -0.481 e. The fraction of sp³-hybridized carbons (Fsp3) is 0.273. The van der Waals surface area contributed by atoms with Crippen LogP contribution in [-0.2, 0) is 17.6 Å². The summed E-state index contributed by atoms with van der Waals surface area (Å²) in [5.74, 6) is -0.486. The number of nitrogens with one attached hydrogen (secondary N) is 1. The molecular formula is C22H24N4O3. The highest BCUT2D eigenvalue weighted by atomic mass is 16.4. The molecule has 0 fully saturated rings. The Balaban J connectivity index is 1.80. The van der Waals surface area contributed by atoms with Crippen LogP contribution in [0.5, 0.6) is 0 Å². The maximum Gasteiger partial charge on any atom is 0.303 e. The van der Waals surface area contributed by atoms with Crippen molar-refractivity contribution < 1.29 is 14.7 Å². The highest BCUT2D eigenvalue weighted by molar-refractivity contribution is 5.95. The van der Waals surface area contributed by atoms with Gasteiger partial charge in [0, 0.05) is 18.7 Å². The molecule has 150 valence electrons. The largest absolute Gasteiger partial charge is 0.481 e. The minimum absolute atomic E-state index is 0.00832. The van der Waals surface area contributed by atoms with Crippen LogP contribution in [0.15, 0.2) is 60.9 Å². The predicted octanol–water partition coefficient (Wildman–Crippen LogP) is 3.04. The first-order chi connectivity index (χ1) is 14.1. The molecule has 2 N–H and O–H groups in total. The Morgan fingerprint density at radius 3 is 2.55 bits per heavy atom. The molecule has 1 unspecified atom stereocenters. The van der Waals surface area contributed by atoms with E-state index in [9.17, 15) is 9.59 Å². The lowest BCUT2D eigenvalue weighted by atomic mass is 10.0. The summed E-state index contributed by atoms with van der Waals surface area (Å²) in [7, 11) is 0. The standard InChI is InChI=1S/C22H24N4O3/c1-2-19-18(15-24-26(19)20-10-6-7-13-23-20)22(29)25-17(11-12-21(27)28)14-16-8-4-3-5-9-16/h3-10,13,15,17H,2,11-12,14H2,1H3,(H,25,29)(H,27,28). The number of nitrogens with zero attached hydrogens (tertiary/aromatic N) is 3. The van der Waals surface area contributed by atoms with Crippen LogP contribution < -0.4 is 5.32 Å². The van der Waals surface area contributed by atoms with E-state index in [-0.39, 0.29) is 18.4 Å². The summed E-state index contributed by atoms with van der Waals surface area (Å²) in [5, 5.41) is 16.4. The number of aromatic nitrogens is 3. The molecule has 0 saturated carbocycles. The lowest BCUT2D eigenvalue weighted by Crippen LogP contribution is -2.37. The van der Waals surface area contributed by atoms with Gasteiger partial charge in [-0.05, 0) is 37.0 Å². The maximum atomic E-state index is 13.0. The van der Waals surface area contributed by atoms with Crippen molar-refractivity contribution in [1.29, 1.82) is 0 Å². The molecule has 7 nitrogen and oxygen atoms in total. The Morgan fingerprint density at radius 2 is 1.90 bits per heavy atom. The van der Waals surface area contributed by atoms with Gasteiger partial charge in [-0.1, -0.05) is 43.3 Å². The maximum absolute atomic E-state index is 13.0. The number of amides is 1. The van der Waals surface area contributed by atoms with E-state index in [1.165, 1.54) is 0 Å². The predicted molar refractivity (Wildman–Crippen MR) is 109 cm³/mol. The van der Waals surface area contributed by atoms with E-state index in [0.29, 0.717) is 30.6 Å². The number of benzene rings is 1. The molecule has 3 rings (SSSR count). The zero-order valence-corrected chi connectivity index (χ0v) is 16.3. The number of pyridine rings is 1. The van der Waals surface area contributed by atoms with Gasteiger partial charge in [-0.2, -0.15) is 5.10 Å². The number of aliphatic carboxylic acids is 1. The van der Waals surface area contributed by atoms with Crippen molar-refractivity contribution in [3.8, 4) is 5.82 Å². The van der Waals surface area contributed by atoms with E-state index >= 15 is 0 Å². The molecule has 29 heavy (non-hydrogen) atoms. The van der Waals surface area contributed by atoms with Gasteiger partial charge < -0.3 is 10.4 Å². The van der Waals surface area contributed by atoms with Crippen molar-refractivity contribution in [3.63, 3.8) is 0 Å². The van der Waals surface area contributed by atoms with E-state index in [1.807, 2.05) is 55.5 Å². The Hall–Kier alpha value is -3.48. The monoisotopic (exact) mass is 392 g/mol. The molecule has 0 saturated heterocycles. The van der Waals surface area contributed by atoms with E-state index in [1.54, 1.807) is 17.1 Å². The first kappa shape index (κ1) is 20.3. The molecule has 2 heterocycles. The van der Waals surface area contributed by atoms with Gasteiger partial charge in [-0.3, -0.25) is 9.59 Å². The second-order valence-corrected chi connectivity index (χ2v) is 6.75. The number of rotatable bonds is 9. The lowest BCUT2D eigenvalue weighted by Gasteiger charge is -2.18. The summed E-state index contributed by atoms with van der Waals surface area (Å²) in [6.07, 6.45) is 4.74. The van der Waals surface area contributed by atoms with Crippen LogP contribution in [0.1, 0.15) is 41.4 Å². The van der Waals surface area contributed by atoms with Gasteiger partial charge in [-0.25, -0.2) is 9.67 Å². The van der Waals surface area contributed by atoms with Crippen LogP contribution in [-0.4, -0.2) is 37.8 Å². The second kappa shape index (κ2) is 9.64. The summed E-state index contributed by atoms with van der Waals surface area (Å²) >= 11 is 0. The quantitative estimate of drug-likeness (QED) is 0.583. The molecule has 1 aromatic carbocycles. The number of hydrogen-bond donors (Lipinski definition) is 2. The van der Waals surface area contributed by atoms with E-state index < -0.39 is 5.97 Å². The summed E-state index contributed by atoms with van der Waals surface area (Å²) in [5.41, 5.74) is 2.28. The number of carbonyl (C=O) groups is 2. The van der Waals surface area contributed by atoms with Gasteiger partial charge in [0.2, 0.25) is 0 Å². The third-order valence-electron chi connectivity index (χ3n) is 4.68. The second-order valence-electron chi connectivity index (χ2n) is 6.75. The third kappa shape index (κ3) is 5.28. The number of carbonyl (C=O) groups excluding carboxylic acids is 1.